The lowest BCUT2D eigenvalue weighted by molar-refractivity contribution is 0.0525. The summed E-state index contributed by atoms with van der Waals surface area (Å²) in [6, 6.07) is 9.81. The maximum atomic E-state index is 12.0. The minimum atomic E-state index is -0.272. The first-order valence-electron chi connectivity index (χ1n) is 6.61. The number of carbonyl (C=O) groups is 1. The largest absolute Gasteiger partial charge is 0.462 e. The zero-order valence-corrected chi connectivity index (χ0v) is 10.9. The summed E-state index contributed by atoms with van der Waals surface area (Å²) in [7, 11) is 0. The van der Waals surface area contributed by atoms with E-state index in [2.05, 4.69) is 5.10 Å². The van der Waals surface area contributed by atoms with Gasteiger partial charge in [0.1, 0.15) is 5.56 Å². The van der Waals surface area contributed by atoms with Crippen molar-refractivity contribution in [3.05, 3.63) is 47.8 Å². The molecule has 1 aliphatic carbocycles. The van der Waals surface area contributed by atoms with Crippen molar-refractivity contribution in [2.75, 3.05) is 6.61 Å². The second-order valence-corrected chi connectivity index (χ2v) is 4.70. The Morgan fingerprint density at radius 3 is 2.74 bits per heavy atom. The molecule has 0 radical (unpaired) electrons. The predicted octanol–water partition coefficient (Wildman–Crippen LogP) is 2.93. The van der Waals surface area contributed by atoms with Gasteiger partial charge >= 0.3 is 5.97 Å². The van der Waals surface area contributed by atoms with E-state index in [1.165, 1.54) is 0 Å². The van der Waals surface area contributed by atoms with Gasteiger partial charge in [-0.3, -0.25) is 0 Å². The molecule has 1 fully saturated rings. The molecule has 0 aliphatic heterocycles. The van der Waals surface area contributed by atoms with Crippen LogP contribution in [0.4, 0.5) is 0 Å². The van der Waals surface area contributed by atoms with Crippen LogP contribution in [0.3, 0.4) is 0 Å². The maximum Gasteiger partial charge on any atom is 0.341 e. The first-order chi connectivity index (χ1) is 9.29. The highest BCUT2D eigenvalue weighted by Gasteiger charge is 2.32. The molecule has 1 aromatic heterocycles. The van der Waals surface area contributed by atoms with E-state index in [1.807, 2.05) is 37.3 Å². The van der Waals surface area contributed by atoms with E-state index in [4.69, 9.17) is 4.74 Å². The fraction of sp³-hybridized carbons (Fsp3) is 0.333. The second-order valence-electron chi connectivity index (χ2n) is 4.70. The fourth-order valence-electron chi connectivity index (χ4n) is 2.12. The number of carbonyl (C=O) groups excluding carboxylic acids is 1. The van der Waals surface area contributed by atoms with Crippen molar-refractivity contribution < 1.29 is 9.53 Å². The van der Waals surface area contributed by atoms with Crippen molar-refractivity contribution >= 4 is 5.97 Å². The van der Waals surface area contributed by atoms with Crippen molar-refractivity contribution in [2.24, 2.45) is 0 Å². The molecule has 1 saturated carbocycles. The molecule has 1 aliphatic rings. The monoisotopic (exact) mass is 256 g/mol. The minimum Gasteiger partial charge on any atom is -0.462 e. The maximum absolute atomic E-state index is 12.0. The van der Waals surface area contributed by atoms with E-state index in [1.54, 1.807) is 10.9 Å². The molecular formula is C15H16N2O2. The summed E-state index contributed by atoms with van der Waals surface area (Å²) in [5, 5.41) is 4.56. The molecule has 0 N–H and O–H groups in total. The molecule has 4 nitrogen and oxygen atoms in total. The number of rotatable bonds is 4. The van der Waals surface area contributed by atoms with Gasteiger partial charge in [0.2, 0.25) is 0 Å². The van der Waals surface area contributed by atoms with E-state index < -0.39 is 0 Å². The van der Waals surface area contributed by atoms with Gasteiger partial charge in [-0.25, -0.2) is 9.48 Å². The van der Waals surface area contributed by atoms with Gasteiger partial charge in [-0.1, -0.05) is 18.2 Å². The molecular weight excluding hydrogens is 240 g/mol. The van der Waals surface area contributed by atoms with Crippen molar-refractivity contribution in [2.45, 2.75) is 25.7 Å². The van der Waals surface area contributed by atoms with Gasteiger partial charge in [0, 0.05) is 12.1 Å². The molecule has 1 aromatic carbocycles. The fourth-order valence-corrected chi connectivity index (χ4v) is 2.12. The number of nitrogens with zero attached hydrogens (tertiary/aromatic N) is 2. The summed E-state index contributed by atoms with van der Waals surface area (Å²) < 4.78 is 6.87. The molecule has 2 aromatic rings. The van der Waals surface area contributed by atoms with Crippen LogP contribution in [-0.2, 0) is 4.74 Å². The highest BCUT2D eigenvalue weighted by molar-refractivity contribution is 5.90. The molecule has 0 saturated heterocycles. The first-order valence-corrected chi connectivity index (χ1v) is 6.61. The standard InChI is InChI=1S/C15H16N2O2/c1-2-19-15(18)13-10-17(12-6-4-3-5-7-12)16-14(13)11-8-9-11/h3-7,10-11H,2,8-9H2,1H3. The third kappa shape index (κ3) is 2.38. The lowest BCUT2D eigenvalue weighted by Crippen LogP contribution is -2.05. The third-order valence-corrected chi connectivity index (χ3v) is 3.22. The second kappa shape index (κ2) is 4.88. The summed E-state index contributed by atoms with van der Waals surface area (Å²) in [6.07, 6.45) is 4.00. The molecule has 1 heterocycles. The summed E-state index contributed by atoms with van der Waals surface area (Å²) in [5.41, 5.74) is 2.44. The van der Waals surface area contributed by atoms with Crippen molar-refractivity contribution in [3.8, 4) is 5.69 Å². The zero-order valence-electron chi connectivity index (χ0n) is 10.9. The van der Waals surface area contributed by atoms with Crippen LogP contribution in [0, 0.1) is 0 Å². The van der Waals surface area contributed by atoms with E-state index in [9.17, 15) is 4.79 Å². The average Bonchev–Trinajstić information content (AvgIpc) is 3.19. The van der Waals surface area contributed by atoms with Gasteiger partial charge in [-0.2, -0.15) is 5.10 Å². The molecule has 0 amide bonds. The first kappa shape index (κ1) is 12.0. The Kier molecular flexibility index (Phi) is 3.07. The summed E-state index contributed by atoms with van der Waals surface area (Å²) in [4.78, 5) is 12.0. The number of ether oxygens (including phenoxy) is 1. The Balaban J connectivity index is 1.99. The van der Waals surface area contributed by atoms with Gasteiger partial charge in [-0.15, -0.1) is 0 Å². The number of para-hydroxylation sites is 1. The third-order valence-electron chi connectivity index (χ3n) is 3.22. The average molecular weight is 256 g/mol. The summed E-state index contributed by atoms with van der Waals surface area (Å²) in [6.45, 7) is 2.20. The Hall–Kier alpha value is -2.10. The van der Waals surface area contributed by atoms with E-state index in [0.717, 1.165) is 24.2 Å². The predicted molar refractivity (Wildman–Crippen MR) is 71.5 cm³/mol. The molecule has 19 heavy (non-hydrogen) atoms. The summed E-state index contributed by atoms with van der Waals surface area (Å²) in [5.74, 6) is 0.149. The lowest BCUT2D eigenvalue weighted by atomic mass is 10.2. The van der Waals surface area contributed by atoms with Crippen molar-refractivity contribution in [1.29, 1.82) is 0 Å². The smallest absolute Gasteiger partial charge is 0.341 e. The molecule has 0 bridgehead atoms. The molecule has 0 unspecified atom stereocenters. The number of hydrogen-bond acceptors (Lipinski definition) is 3. The highest BCUT2D eigenvalue weighted by Crippen LogP contribution is 2.41. The number of aromatic nitrogens is 2. The van der Waals surface area contributed by atoms with E-state index in [-0.39, 0.29) is 5.97 Å². The molecule has 0 spiro atoms. The zero-order chi connectivity index (χ0) is 13.2. The van der Waals surface area contributed by atoms with Crippen LogP contribution in [0.5, 0.6) is 0 Å². The van der Waals surface area contributed by atoms with Crippen LogP contribution in [0.25, 0.3) is 5.69 Å². The number of hydrogen-bond donors (Lipinski definition) is 0. The number of esters is 1. The van der Waals surface area contributed by atoms with Crippen LogP contribution >= 0.6 is 0 Å². The Labute approximate surface area is 112 Å². The van der Waals surface area contributed by atoms with Gasteiger partial charge < -0.3 is 4.74 Å². The molecule has 3 rings (SSSR count). The van der Waals surface area contributed by atoms with Crippen molar-refractivity contribution in [1.82, 2.24) is 9.78 Å². The normalized spacial score (nSPS) is 14.4. The van der Waals surface area contributed by atoms with Crippen LogP contribution in [-0.4, -0.2) is 22.4 Å². The van der Waals surface area contributed by atoms with E-state index >= 15 is 0 Å². The number of benzene rings is 1. The van der Waals surface area contributed by atoms with Gasteiger partial charge in [0.15, 0.2) is 0 Å². The van der Waals surface area contributed by atoms with Crippen LogP contribution in [0.1, 0.15) is 41.7 Å². The molecule has 98 valence electrons. The van der Waals surface area contributed by atoms with Crippen LogP contribution in [0.15, 0.2) is 36.5 Å². The Morgan fingerprint density at radius 2 is 2.11 bits per heavy atom. The summed E-state index contributed by atoms with van der Waals surface area (Å²) >= 11 is 0. The van der Waals surface area contributed by atoms with Crippen LogP contribution < -0.4 is 0 Å². The topological polar surface area (TPSA) is 44.1 Å². The van der Waals surface area contributed by atoms with Gasteiger partial charge in [0.05, 0.1) is 18.0 Å². The van der Waals surface area contributed by atoms with Gasteiger partial charge in [-0.05, 0) is 31.9 Å². The SMILES string of the molecule is CCOC(=O)c1cn(-c2ccccc2)nc1C1CC1. The molecule has 4 heteroatoms. The highest BCUT2D eigenvalue weighted by atomic mass is 16.5. The lowest BCUT2D eigenvalue weighted by Gasteiger charge is -1.99. The Bertz CT molecular complexity index is 585. The van der Waals surface area contributed by atoms with E-state index in [0.29, 0.717) is 18.1 Å². The van der Waals surface area contributed by atoms with Crippen molar-refractivity contribution in [3.63, 3.8) is 0 Å². The van der Waals surface area contributed by atoms with Crippen LogP contribution in [0.2, 0.25) is 0 Å². The molecule has 0 atom stereocenters. The Morgan fingerprint density at radius 1 is 1.37 bits per heavy atom. The van der Waals surface area contributed by atoms with Gasteiger partial charge in [0.25, 0.3) is 0 Å². The minimum absolute atomic E-state index is 0.272. The quantitative estimate of drug-likeness (QED) is 0.790.